The summed E-state index contributed by atoms with van der Waals surface area (Å²) in [5.41, 5.74) is 2.06. The van der Waals surface area contributed by atoms with Crippen LogP contribution in [0.4, 0.5) is 4.39 Å². The van der Waals surface area contributed by atoms with Gasteiger partial charge in [0.2, 0.25) is 5.88 Å². The van der Waals surface area contributed by atoms with Gasteiger partial charge >= 0.3 is 0 Å². The molecule has 0 aliphatic heterocycles. The lowest BCUT2D eigenvalue weighted by Crippen LogP contribution is -2.25. The fraction of sp³-hybridized carbons (Fsp3) is 0.381. The van der Waals surface area contributed by atoms with Crippen molar-refractivity contribution < 1.29 is 9.13 Å². The number of rotatable bonds is 5. The minimum Gasteiger partial charge on any atom is -0.474 e. The van der Waals surface area contributed by atoms with E-state index in [9.17, 15) is 4.39 Å². The summed E-state index contributed by atoms with van der Waals surface area (Å²) in [7, 11) is 2.18. The Morgan fingerprint density at radius 1 is 1.07 bits per heavy atom. The third-order valence-corrected chi connectivity index (χ3v) is 5.51. The predicted molar refractivity (Wildman–Crippen MR) is 110 cm³/mol. The topological polar surface area (TPSA) is 52.8 Å². The van der Waals surface area contributed by atoms with Gasteiger partial charge in [0.1, 0.15) is 11.9 Å². The van der Waals surface area contributed by atoms with Crippen LogP contribution >= 0.6 is 9.24 Å². The molecule has 1 aromatic carbocycles. The van der Waals surface area contributed by atoms with E-state index in [-0.39, 0.29) is 12.0 Å². The smallest absolute Gasteiger partial charge is 0.213 e. The molecule has 3 aromatic rings. The zero-order chi connectivity index (χ0) is 19.5. The molecule has 1 aliphatic rings. The molecule has 1 fully saturated rings. The van der Waals surface area contributed by atoms with Gasteiger partial charge in [0.05, 0.1) is 0 Å². The molecule has 5 nitrogen and oxygen atoms in total. The normalized spacial score (nSPS) is 20.7. The zero-order valence-electron chi connectivity index (χ0n) is 15.8. The van der Waals surface area contributed by atoms with Gasteiger partial charge in [-0.15, -0.1) is 10.2 Å². The average molecular weight is 398 g/mol. The molecule has 4 rings (SSSR count). The monoisotopic (exact) mass is 398 g/mol. The first-order valence-electron chi connectivity index (χ1n) is 9.61. The largest absolute Gasteiger partial charge is 0.474 e. The summed E-state index contributed by atoms with van der Waals surface area (Å²) in [4.78, 5) is 4.24. The van der Waals surface area contributed by atoms with Crippen LogP contribution in [0.5, 0.6) is 5.88 Å². The van der Waals surface area contributed by atoms with E-state index < -0.39 is 5.91 Å². The molecule has 0 bridgehead atoms. The number of aryl methyl sites for hydroxylation is 1. The SMILES string of the molecule is Cc1ccc(-n2c(C(F)P)nnc2[C@H]2CC[C@H](Oc3ccccn3)CC2)cc1. The van der Waals surface area contributed by atoms with Gasteiger partial charge < -0.3 is 4.74 Å². The highest BCUT2D eigenvalue weighted by molar-refractivity contribution is 7.16. The fourth-order valence-corrected chi connectivity index (χ4v) is 3.95. The molecule has 0 N–H and O–H groups in total. The van der Waals surface area contributed by atoms with Crippen molar-refractivity contribution in [1.82, 2.24) is 19.7 Å². The van der Waals surface area contributed by atoms with E-state index in [0.717, 1.165) is 42.8 Å². The summed E-state index contributed by atoms with van der Waals surface area (Å²) in [6.07, 6.45) is 5.57. The molecule has 0 saturated heterocycles. The summed E-state index contributed by atoms with van der Waals surface area (Å²) in [6.45, 7) is 2.04. The highest BCUT2D eigenvalue weighted by Gasteiger charge is 2.30. The number of nitrogens with zero attached hydrogens (tertiary/aromatic N) is 4. The van der Waals surface area contributed by atoms with Crippen molar-refractivity contribution in [3.63, 3.8) is 0 Å². The van der Waals surface area contributed by atoms with Crippen molar-refractivity contribution in [2.45, 2.75) is 50.5 Å². The van der Waals surface area contributed by atoms with Crippen molar-refractivity contribution >= 4 is 9.24 Å². The fourth-order valence-electron chi connectivity index (χ4n) is 3.74. The quantitative estimate of drug-likeness (QED) is 0.573. The van der Waals surface area contributed by atoms with Crippen LogP contribution in [0.2, 0.25) is 0 Å². The van der Waals surface area contributed by atoms with Crippen LogP contribution in [0.1, 0.15) is 54.7 Å². The number of halogens is 1. The zero-order valence-corrected chi connectivity index (χ0v) is 17.0. The van der Waals surface area contributed by atoms with Gasteiger partial charge in [0, 0.05) is 23.9 Å². The second-order valence-corrected chi connectivity index (χ2v) is 7.83. The van der Waals surface area contributed by atoms with E-state index in [2.05, 4.69) is 24.4 Å². The molecule has 146 valence electrons. The summed E-state index contributed by atoms with van der Waals surface area (Å²) in [5, 5.41) is 8.53. The minimum atomic E-state index is -1.26. The maximum Gasteiger partial charge on any atom is 0.213 e. The Morgan fingerprint density at radius 3 is 2.46 bits per heavy atom. The Balaban J connectivity index is 1.53. The van der Waals surface area contributed by atoms with Crippen LogP contribution < -0.4 is 4.74 Å². The maximum atomic E-state index is 14.2. The Labute approximate surface area is 166 Å². The number of hydrogen-bond acceptors (Lipinski definition) is 4. The van der Waals surface area contributed by atoms with Crippen molar-refractivity contribution in [3.8, 4) is 11.6 Å². The molecule has 2 atom stereocenters. The van der Waals surface area contributed by atoms with Crippen LogP contribution in [0.25, 0.3) is 5.69 Å². The van der Waals surface area contributed by atoms with Gasteiger partial charge in [0.25, 0.3) is 0 Å². The Morgan fingerprint density at radius 2 is 1.82 bits per heavy atom. The highest BCUT2D eigenvalue weighted by Crippen LogP contribution is 2.36. The first-order chi connectivity index (χ1) is 13.6. The number of hydrogen-bond donors (Lipinski definition) is 0. The molecular formula is C21H24FN4OP. The molecule has 2 heterocycles. The van der Waals surface area contributed by atoms with E-state index >= 15 is 0 Å². The van der Waals surface area contributed by atoms with Gasteiger partial charge in [-0.25, -0.2) is 9.37 Å². The summed E-state index contributed by atoms with van der Waals surface area (Å²) in [5.74, 6) is 0.802. The van der Waals surface area contributed by atoms with E-state index in [0.29, 0.717) is 11.7 Å². The summed E-state index contributed by atoms with van der Waals surface area (Å²) >= 11 is 0. The lowest BCUT2D eigenvalue weighted by Gasteiger charge is -2.28. The molecule has 1 aliphatic carbocycles. The molecule has 0 radical (unpaired) electrons. The van der Waals surface area contributed by atoms with E-state index in [1.165, 1.54) is 0 Å². The van der Waals surface area contributed by atoms with Gasteiger partial charge in [-0.05, 0) is 50.8 Å². The first-order valence-corrected chi connectivity index (χ1v) is 10.3. The number of alkyl halides is 1. The van der Waals surface area contributed by atoms with Crippen molar-refractivity contribution in [3.05, 3.63) is 65.9 Å². The number of ether oxygens (including phenoxy) is 1. The maximum absolute atomic E-state index is 14.2. The molecule has 0 spiro atoms. The second-order valence-electron chi connectivity index (χ2n) is 7.25. The van der Waals surface area contributed by atoms with Crippen LogP contribution in [0.15, 0.2) is 48.7 Å². The summed E-state index contributed by atoms with van der Waals surface area (Å²) < 4.78 is 22.0. The molecule has 1 saturated carbocycles. The van der Waals surface area contributed by atoms with Gasteiger partial charge in [-0.1, -0.05) is 33.0 Å². The van der Waals surface area contributed by atoms with E-state index in [4.69, 9.17) is 4.74 Å². The van der Waals surface area contributed by atoms with Crippen molar-refractivity contribution in [2.75, 3.05) is 0 Å². The Bertz CT molecular complexity index is 906. The number of pyridine rings is 1. The first kappa shape index (κ1) is 19.0. The van der Waals surface area contributed by atoms with Crippen LogP contribution in [-0.2, 0) is 0 Å². The minimum absolute atomic E-state index is 0.150. The standard InChI is InChI=1S/C21H24FN4OP/c1-14-5-9-16(10-6-14)26-20(24-25-21(26)19(22)28)15-7-11-17(12-8-15)27-18-4-2-3-13-23-18/h2-6,9-10,13,15,17,19H,7-8,11-12,28H2,1H3/t15-,17-,19?. The van der Waals surface area contributed by atoms with Crippen LogP contribution in [-0.4, -0.2) is 25.9 Å². The molecule has 2 unspecified atom stereocenters. The van der Waals surface area contributed by atoms with Gasteiger partial charge in [-0.3, -0.25) is 4.57 Å². The van der Waals surface area contributed by atoms with Crippen LogP contribution in [0, 0.1) is 6.92 Å². The number of aromatic nitrogens is 4. The van der Waals surface area contributed by atoms with Gasteiger partial charge in [0.15, 0.2) is 11.7 Å². The van der Waals surface area contributed by atoms with Crippen molar-refractivity contribution in [2.24, 2.45) is 0 Å². The van der Waals surface area contributed by atoms with Crippen molar-refractivity contribution in [1.29, 1.82) is 0 Å². The summed E-state index contributed by atoms with van der Waals surface area (Å²) in [6, 6.07) is 13.7. The molecule has 0 amide bonds. The molecular weight excluding hydrogens is 374 g/mol. The van der Waals surface area contributed by atoms with Crippen LogP contribution in [0.3, 0.4) is 0 Å². The lowest BCUT2D eigenvalue weighted by atomic mass is 9.86. The molecule has 2 aromatic heterocycles. The van der Waals surface area contributed by atoms with E-state index in [1.807, 2.05) is 54.0 Å². The second kappa shape index (κ2) is 8.36. The highest BCUT2D eigenvalue weighted by atomic mass is 31.0. The number of benzene rings is 1. The Hall–Kier alpha value is -2.33. The third kappa shape index (κ3) is 4.07. The van der Waals surface area contributed by atoms with E-state index in [1.54, 1.807) is 6.20 Å². The van der Waals surface area contributed by atoms with Gasteiger partial charge in [-0.2, -0.15) is 0 Å². The molecule has 7 heteroatoms. The third-order valence-electron chi connectivity index (χ3n) is 5.22. The lowest BCUT2D eigenvalue weighted by molar-refractivity contribution is 0.139. The Kier molecular flexibility index (Phi) is 5.67. The average Bonchev–Trinajstić information content (AvgIpc) is 3.15. The predicted octanol–water partition coefficient (Wildman–Crippen LogP) is 4.92. The molecule has 28 heavy (non-hydrogen) atoms.